The average molecular weight is 972 g/mol. The molecule has 364 valence electrons. The highest BCUT2D eigenvalue weighted by atomic mass is 32.1. The van der Waals surface area contributed by atoms with Gasteiger partial charge in [-0.15, -0.1) is 11.3 Å². The number of anilines is 2. The van der Waals surface area contributed by atoms with E-state index < -0.39 is 0 Å². The first-order valence-electron chi connectivity index (χ1n) is 25.6. The molecular formula is C67H65N5S. The molecule has 6 heteroatoms. The van der Waals surface area contributed by atoms with E-state index in [4.69, 9.17) is 19.9 Å². The second kappa shape index (κ2) is 19.8. The molecule has 6 aromatic carbocycles. The SMILES string of the molecule is CC(C)c1cc(-c2ccccc2)cc(C(C)C)c1-c1cc(-c2cc(C(C)(C)C)ccn2)nc(N(C)c2cc(-c3c(-c4ccccc4)cccc3-c3ccccc3)cc(-c3ccc4sc(C(C)(C)C)nc4c3)n2)c1. The van der Waals surface area contributed by atoms with Crippen LogP contribution < -0.4 is 4.90 Å². The Bertz CT molecular complexity index is 3510. The van der Waals surface area contributed by atoms with Gasteiger partial charge < -0.3 is 4.90 Å². The highest BCUT2D eigenvalue weighted by molar-refractivity contribution is 7.18. The van der Waals surface area contributed by atoms with Crippen molar-refractivity contribution < 1.29 is 0 Å². The summed E-state index contributed by atoms with van der Waals surface area (Å²) in [6.45, 7) is 22.7. The normalized spacial score (nSPS) is 12.0. The van der Waals surface area contributed by atoms with Gasteiger partial charge in [-0.25, -0.2) is 15.0 Å². The molecule has 0 unspecified atom stereocenters. The van der Waals surface area contributed by atoms with E-state index in [2.05, 4.69) is 257 Å². The summed E-state index contributed by atoms with van der Waals surface area (Å²) in [5, 5.41) is 1.12. The van der Waals surface area contributed by atoms with E-state index in [-0.39, 0.29) is 22.7 Å². The molecule has 0 saturated carbocycles. The van der Waals surface area contributed by atoms with Crippen molar-refractivity contribution in [3.63, 3.8) is 0 Å². The fraction of sp³-hybridized carbons (Fsp3) is 0.224. The number of thiazole rings is 1. The summed E-state index contributed by atoms with van der Waals surface area (Å²) in [6.07, 6.45) is 1.93. The zero-order chi connectivity index (χ0) is 51.2. The summed E-state index contributed by atoms with van der Waals surface area (Å²) in [5.41, 5.74) is 19.7. The minimum absolute atomic E-state index is 0.0628. The average Bonchev–Trinajstić information content (AvgIpc) is 3.85. The van der Waals surface area contributed by atoms with Gasteiger partial charge in [-0.1, -0.05) is 197 Å². The van der Waals surface area contributed by atoms with Crippen molar-refractivity contribution in [3.05, 3.63) is 204 Å². The summed E-state index contributed by atoms with van der Waals surface area (Å²) in [6, 6.07) is 63.7. The Morgan fingerprint density at radius 2 is 0.959 bits per heavy atom. The third-order valence-electron chi connectivity index (χ3n) is 13.9. The van der Waals surface area contributed by atoms with Gasteiger partial charge in [0.25, 0.3) is 0 Å². The van der Waals surface area contributed by atoms with Gasteiger partial charge in [0, 0.05) is 24.2 Å². The Hall–Kier alpha value is -7.54. The van der Waals surface area contributed by atoms with Crippen molar-refractivity contribution in [1.29, 1.82) is 0 Å². The van der Waals surface area contributed by atoms with Crippen LogP contribution in [0.4, 0.5) is 11.6 Å². The highest BCUT2D eigenvalue weighted by Gasteiger charge is 2.25. The molecule has 10 rings (SSSR count). The van der Waals surface area contributed by atoms with Crippen molar-refractivity contribution in [1.82, 2.24) is 19.9 Å². The molecular weight excluding hydrogens is 907 g/mol. The van der Waals surface area contributed by atoms with Gasteiger partial charge in [-0.05, 0) is 138 Å². The Balaban J connectivity index is 1.24. The highest BCUT2D eigenvalue weighted by Crippen LogP contribution is 2.45. The van der Waals surface area contributed by atoms with E-state index in [1.165, 1.54) is 38.1 Å². The van der Waals surface area contributed by atoms with Gasteiger partial charge in [0.2, 0.25) is 0 Å². The maximum atomic E-state index is 5.61. The van der Waals surface area contributed by atoms with Crippen LogP contribution >= 0.6 is 11.3 Å². The van der Waals surface area contributed by atoms with E-state index in [0.717, 1.165) is 83.7 Å². The number of pyridine rings is 3. The van der Waals surface area contributed by atoms with Gasteiger partial charge in [0.05, 0.1) is 32.3 Å². The lowest BCUT2D eigenvalue weighted by Gasteiger charge is -2.25. The van der Waals surface area contributed by atoms with Crippen molar-refractivity contribution in [2.75, 3.05) is 11.9 Å². The van der Waals surface area contributed by atoms with Crippen molar-refractivity contribution in [2.45, 2.75) is 91.9 Å². The van der Waals surface area contributed by atoms with Gasteiger partial charge in [-0.2, -0.15) is 0 Å². The van der Waals surface area contributed by atoms with Gasteiger partial charge in [0.1, 0.15) is 11.6 Å². The first kappa shape index (κ1) is 49.1. The molecule has 4 heterocycles. The molecule has 0 saturated heterocycles. The Kier molecular flexibility index (Phi) is 13.3. The summed E-state index contributed by atoms with van der Waals surface area (Å²) < 4.78 is 1.17. The molecule has 0 fully saturated rings. The Labute approximate surface area is 436 Å². The fourth-order valence-corrected chi connectivity index (χ4v) is 10.8. The second-order valence-corrected chi connectivity index (χ2v) is 23.1. The monoisotopic (exact) mass is 971 g/mol. The van der Waals surface area contributed by atoms with Crippen molar-refractivity contribution in [3.8, 4) is 78.3 Å². The van der Waals surface area contributed by atoms with E-state index in [0.29, 0.717) is 0 Å². The summed E-state index contributed by atoms with van der Waals surface area (Å²) >= 11 is 1.77. The molecule has 10 aromatic rings. The Morgan fingerprint density at radius 3 is 1.51 bits per heavy atom. The van der Waals surface area contributed by atoms with Crippen LogP contribution in [0.2, 0.25) is 0 Å². The van der Waals surface area contributed by atoms with Crippen LogP contribution in [-0.4, -0.2) is 27.0 Å². The maximum Gasteiger partial charge on any atom is 0.135 e. The fourth-order valence-electron chi connectivity index (χ4n) is 9.81. The van der Waals surface area contributed by atoms with E-state index >= 15 is 0 Å². The predicted molar refractivity (Wildman–Crippen MR) is 311 cm³/mol. The van der Waals surface area contributed by atoms with Crippen LogP contribution in [-0.2, 0) is 10.8 Å². The lowest BCUT2D eigenvalue weighted by molar-refractivity contribution is 0.587. The molecule has 0 spiro atoms. The zero-order valence-electron chi connectivity index (χ0n) is 44.1. The predicted octanol–water partition coefficient (Wildman–Crippen LogP) is 18.8. The zero-order valence-corrected chi connectivity index (χ0v) is 44.9. The Morgan fingerprint density at radius 1 is 0.425 bits per heavy atom. The van der Waals surface area contributed by atoms with Gasteiger partial charge >= 0.3 is 0 Å². The molecule has 0 N–H and O–H groups in total. The lowest BCUT2D eigenvalue weighted by atomic mass is 9.82. The minimum Gasteiger partial charge on any atom is -0.314 e. The third-order valence-corrected chi connectivity index (χ3v) is 15.3. The molecule has 0 amide bonds. The lowest BCUT2D eigenvalue weighted by Crippen LogP contribution is -2.15. The maximum absolute atomic E-state index is 5.61. The second-order valence-electron chi connectivity index (χ2n) is 22.1. The molecule has 0 aliphatic heterocycles. The van der Waals surface area contributed by atoms with Crippen molar-refractivity contribution >= 4 is 33.2 Å². The number of fused-ring (bicyclic) bond motifs is 1. The van der Waals surface area contributed by atoms with Crippen LogP contribution in [0.5, 0.6) is 0 Å². The molecule has 5 nitrogen and oxygen atoms in total. The number of benzene rings is 6. The van der Waals surface area contributed by atoms with Crippen LogP contribution in [0.15, 0.2) is 182 Å². The minimum atomic E-state index is -0.0803. The molecule has 0 aliphatic rings. The summed E-state index contributed by atoms with van der Waals surface area (Å²) in [4.78, 5) is 23.5. The third kappa shape index (κ3) is 10.1. The largest absolute Gasteiger partial charge is 0.314 e. The molecule has 0 aliphatic carbocycles. The topological polar surface area (TPSA) is 54.8 Å². The summed E-state index contributed by atoms with van der Waals surface area (Å²) in [7, 11) is 2.11. The number of rotatable bonds is 11. The number of hydrogen-bond donors (Lipinski definition) is 0. The van der Waals surface area contributed by atoms with Crippen LogP contribution in [0.25, 0.3) is 88.5 Å². The molecule has 4 aromatic heterocycles. The number of hydrogen-bond acceptors (Lipinski definition) is 6. The number of nitrogens with zero attached hydrogens (tertiary/aromatic N) is 5. The van der Waals surface area contributed by atoms with Gasteiger partial charge in [0.15, 0.2) is 0 Å². The molecule has 0 atom stereocenters. The first-order chi connectivity index (χ1) is 35.0. The molecule has 73 heavy (non-hydrogen) atoms. The van der Waals surface area contributed by atoms with Gasteiger partial charge in [-0.3, -0.25) is 4.98 Å². The van der Waals surface area contributed by atoms with Crippen LogP contribution in [0, 0.1) is 0 Å². The smallest absolute Gasteiger partial charge is 0.135 e. The van der Waals surface area contributed by atoms with Crippen LogP contribution in [0.3, 0.4) is 0 Å². The standard InChI is InChI=1S/C67H65N5S/c1-42(2)54-34-48(44-22-15-12-16-23-44)35-55(43(3)4)64(54)50-38-58(57-41-51(32-33-68-57)66(5,6)7)70-62(40-50)72(11)61-39-49(37-56(69-61)47-30-31-60-59(36-47)71-65(73-60)67(8,9)10)63-52(45-24-17-13-18-25-45)28-21-29-53(63)46-26-19-14-20-27-46/h12-43H,1-11H3. The quantitative estimate of drug-likeness (QED) is 0.129. The number of aromatic nitrogens is 4. The van der Waals surface area contributed by atoms with E-state index in [1.807, 2.05) is 6.20 Å². The van der Waals surface area contributed by atoms with Crippen molar-refractivity contribution in [2.24, 2.45) is 0 Å². The molecule has 0 radical (unpaired) electrons. The summed E-state index contributed by atoms with van der Waals surface area (Å²) in [5.74, 6) is 2.03. The first-order valence-corrected chi connectivity index (χ1v) is 26.5. The van der Waals surface area contributed by atoms with E-state index in [1.54, 1.807) is 11.3 Å². The molecule has 0 bridgehead atoms. The van der Waals surface area contributed by atoms with E-state index in [9.17, 15) is 0 Å². The van der Waals surface area contributed by atoms with Crippen LogP contribution in [0.1, 0.15) is 103 Å².